The van der Waals surface area contributed by atoms with E-state index < -0.39 is 59.1 Å². The van der Waals surface area contributed by atoms with E-state index in [0.717, 1.165) is 16.4 Å². The summed E-state index contributed by atoms with van der Waals surface area (Å²) in [6.45, 7) is 0.572. The number of halogens is 4. The van der Waals surface area contributed by atoms with Gasteiger partial charge < -0.3 is 9.47 Å². The summed E-state index contributed by atoms with van der Waals surface area (Å²) in [6, 6.07) is 1.43. The lowest BCUT2D eigenvalue weighted by Gasteiger charge is -2.33. The van der Waals surface area contributed by atoms with Crippen molar-refractivity contribution in [3.8, 4) is 0 Å². The lowest BCUT2D eigenvalue weighted by Crippen LogP contribution is -2.52. The fourth-order valence-corrected chi connectivity index (χ4v) is 5.75. The second-order valence-electron chi connectivity index (χ2n) is 9.51. The van der Waals surface area contributed by atoms with Gasteiger partial charge in [0.2, 0.25) is 0 Å². The molecule has 1 aromatic carbocycles. The van der Waals surface area contributed by atoms with Gasteiger partial charge in [-0.15, -0.1) is 0 Å². The first-order valence-electron chi connectivity index (χ1n) is 11.9. The molecule has 204 valence electrons. The van der Waals surface area contributed by atoms with Crippen molar-refractivity contribution < 1.29 is 40.2 Å². The molecule has 0 bridgehead atoms. The average molecular weight is 540 g/mol. The Morgan fingerprint density at radius 2 is 1.86 bits per heavy atom. The van der Waals surface area contributed by atoms with Crippen LogP contribution in [0.1, 0.15) is 50.5 Å². The van der Waals surface area contributed by atoms with Gasteiger partial charge in [0.15, 0.2) is 6.61 Å². The van der Waals surface area contributed by atoms with Gasteiger partial charge in [0, 0.05) is 26.2 Å². The fourth-order valence-electron chi connectivity index (χ4n) is 4.91. The molecule has 1 N–H and O–H groups in total. The Balaban J connectivity index is 1.66. The average Bonchev–Trinajstić information content (AvgIpc) is 3.11. The Morgan fingerprint density at radius 1 is 1.19 bits per heavy atom. The summed E-state index contributed by atoms with van der Waals surface area (Å²) in [7, 11) is -1.11. The van der Waals surface area contributed by atoms with Crippen LogP contribution in [0.25, 0.3) is 0 Å². The number of ether oxygens (including phenoxy) is 2. The molecule has 3 atom stereocenters. The van der Waals surface area contributed by atoms with Crippen molar-refractivity contribution >= 4 is 16.3 Å². The summed E-state index contributed by atoms with van der Waals surface area (Å²) < 4.78 is 92.1. The third kappa shape index (κ3) is 7.08. The summed E-state index contributed by atoms with van der Waals surface area (Å²) in [4.78, 5) is 13.8. The number of amides is 1. The molecular weight excluding hydrogens is 506 g/mol. The third-order valence-corrected chi connectivity index (χ3v) is 8.35. The molecule has 1 aliphatic carbocycles. The quantitative estimate of drug-likeness (QED) is 0.485. The molecule has 1 aliphatic heterocycles. The molecule has 2 aliphatic rings. The number of nitrogens with one attached hydrogen (secondary N) is 1. The SMILES string of the molecule is C[C@@H]1C[C@H](NS(=O)(=O)N(C)C)[C@H](CO[C@H]2CC[C@@H](c3cc(F)ccc3F)CC2)N1C(=O)OCC(F)F. The van der Waals surface area contributed by atoms with Crippen LogP contribution in [-0.4, -0.2) is 81.7 Å². The molecule has 0 radical (unpaired) electrons. The number of rotatable bonds is 9. The van der Waals surface area contributed by atoms with Crippen molar-refractivity contribution in [3.63, 3.8) is 0 Å². The van der Waals surface area contributed by atoms with Gasteiger partial charge in [-0.05, 0) is 68.7 Å². The van der Waals surface area contributed by atoms with Crippen LogP contribution in [-0.2, 0) is 19.7 Å². The standard InChI is InChI=1S/C23H33F4N3O5S/c1-14-10-20(28-36(32,33)29(2)3)21(30(14)23(31)35-13-22(26)27)12-34-17-7-4-15(5-8-17)18-11-16(24)6-9-19(18)25/h6,9,11,14-15,17,20-22,28H,4-5,7-8,10,12-13H2,1-3H3/t14-,15-,17+,20+,21+/m1/s1. The van der Waals surface area contributed by atoms with Crippen molar-refractivity contribution in [2.45, 2.75) is 75.6 Å². The zero-order valence-corrected chi connectivity index (χ0v) is 21.3. The van der Waals surface area contributed by atoms with E-state index in [2.05, 4.69) is 4.72 Å². The molecule has 2 fully saturated rings. The van der Waals surface area contributed by atoms with Gasteiger partial charge in [-0.1, -0.05) is 0 Å². The molecule has 8 nitrogen and oxygen atoms in total. The highest BCUT2D eigenvalue weighted by atomic mass is 32.2. The van der Waals surface area contributed by atoms with E-state index in [1.165, 1.54) is 25.1 Å². The Morgan fingerprint density at radius 3 is 2.47 bits per heavy atom. The Kier molecular flexibility index (Phi) is 9.58. The lowest BCUT2D eigenvalue weighted by molar-refractivity contribution is -0.0172. The maximum absolute atomic E-state index is 14.2. The van der Waals surface area contributed by atoms with E-state index in [-0.39, 0.29) is 25.0 Å². The summed E-state index contributed by atoms with van der Waals surface area (Å²) in [5.41, 5.74) is 0.337. The molecular formula is C23H33F4N3O5S. The van der Waals surface area contributed by atoms with Gasteiger partial charge >= 0.3 is 6.09 Å². The molecule has 1 amide bonds. The Labute approximate surface area is 209 Å². The lowest BCUT2D eigenvalue weighted by atomic mass is 9.82. The summed E-state index contributed by atoms with van der Waals surface area (Å²) in [6.07, 6.45) is -1.52. The van der Waals surface area contributed by atoms with Gasteiger partial charge in [0.1, 0.15) is 11.6 Å². The van der Waals surface area contributed by atoms with Gasteiger partial charge in [0.25, 0.3) is 16.6 Å². The molecule has 0 aromatic heterocycles. The van der Waals surface area contributed by atoms with Crippen LogP contribution >= 0.6 is 0 Å². The van der Waals surface area contributed by atoms with Crippen LogP contribution in [0.5, 0.6) is 0 Å². The number of likely N-dealkylation sites (tertiary alicyclic amines) is 1. The van der Waals surface area contributed by atoms with Gasteiger partial charge in [-0.3, -0.25) is 4.90 Å². The number of hydrogen-bond donors (Lipinski definition) is 1. The van der Waals surface area contributed by atoms with Crippen molar-refractivity contribution in [1.82, 2.24) is 13.9 Å². The van der Waals surface area contributed by atoms with Crippen LogP contribution in [0.3, 0.4) is 0 Å². The van der Waals surface area contributed by atoms with Crippen LogP contribution in [0, 0.1) is 11.6 Å². The topological polar surface area (TPSA) is 88.2 Å². The zero-order chi connectivity index (χ0) is 26.6. The predicted molar refractivity (Wildman–Crippen MR) is 124 cm³/mol. The number of hydrogen-bond acceptors (Lipinski definition) is 5. The van der Waals surface area contributed by atoms with E-state index in [9.17, 15) is 30.8 Å². The fraction of sp³-hybridized carbons (Fsp3) is 0.696. The van der Waals surface area contributed by atoms with Gasteiger partial charge in [-0.2, -0.15) is 17.4 Å². The van der Waals surface area contributed by atoms with Crippen molar-refractivity contribution in [2.24, 2.45) is 0 Å². The first-order chi connectivity index (χ1) is 16.9. The first-order valence-corrected chi connectivity index (χ1v) is 13.3. The first kappa shape index (κ1) is 28.6. The third-order valence-electron chi connectivity index (χ3n) is 6.79. The number of benzene rings is 1. The molecule has 1 aromatic rings. The molecule has 0 spiro atoms. The minimum Gasteiger partial charge on any atom is -0.443 e. The molecule has 1 saturated carbocycles. The van der Waals surface area contributed by atoms with Crippen molar-refractivity contribution in [2.75, 3.05) is 27.3 Å². The number of carbonyl (C=O) groups is 1. The number of nitrogens with zero attached hydrogens (tertiary/aromatic N) is 2. The van der Waals surface area contributed by atoms with Crippen LogP contribution in [0.2, 0.25) is 0 Å². The monoisotopic (exact) mass is 539 g/mol. The van der Waals surface area contributed by atoms with Crippen LogP contribution < -0.4 is 4.72 Å². The van der Waals surface area contributed by atoms with E-state index in [4.69, 9.17) is 9.47 Å². The Bertz CT molecular complexity index is 1010. The summed E-state index contributed by atoms with van der Waals surface area (Å²) >= 11 is 0. The predicted octanol–water partition coefficient (Wildman–Crippen LogP) is 3.64. The number of alkyl halides is 2. The molecule has 36 heavy (non-hydrogen) atoms. The maximum atomic E-state index is 14.2. The molecule has 1 heterocycles. The van der Waals surface area contributed by atoms with Crippen molar-refractivity contribution in [3.05, 3.63) is 35.4 Å². The minimum absolute atomic E-state index is 0.0433. The normalized spacial score (nSPS) is 27.1. The van der Waals surface area contributed by atoms with E-state index >= 15 is 0 Å². The zero-order valence-electron chi connectivity index (χ0n) is 20.5. The highest BCUT2D eigenvalue weighted by Crippen LogP contribution is 2.36. The largest absolute Gasteiger partial charge is 0.443 e. The molecule has 3 rings (SSSR count). The smallest absolute Gasteiger partial charge is 0.410 e. The van der Waals surface area contributed by atoms with E-state index in [0.29, 0.717) is 31.2 Å². The number of carbonyl (C=O) groups excluding carboxylic acids is 1. The highest BCUT2D eigenvalue weighted by Gasteiger charge is 2.45. The summed E-state index contributed by atoms with van der Waals surface area (Å²) in [5, 5.41) is 0. The minimum atomic E-state index is -3.84. The van der Waals surface area contributed by atoms with Crippen LogP contribution in [0.15, 0.2) is 18.2 Å². The maximum Gasteiger partial charge on any atom is 0.410 e. The summed E-state index contributed by atoms with van der Waals surface area (Å²) in [5.74, 6) is -1.09. The second kappa shape index (κ2) is 12.1. The second-order valence-corrected chi connectivity index (χ2v) is 11.4. The Hall–Kier alpha value is -1.96. The van der Waals surface area contributed by atoms with Crippen molar-refractivity contribution in [1.29, 1.82) is 0 Å². The van der Waals surface area contributed by atoms with E-state index in [1.54, 1.807) is 6.92 Å². The van der Waals surface area contributed by atoms with Crippen LogP contribution in [0.4, 0.5) is 22.4 Å². The molecule has 1 saturated heterocycles. The van der Waals surface area contributed by atoms with Gasteiger partial charge in [-0.25, -0.2) is 22.4 Å². The molecule has 0 unspecified atom stereocenters. The highest BCUT2D eigenvalue weighted by molar-refractivity contribution is 7.87. The van der Waals surface area contributed by atoms with Gasteiger partial charge in [0.05, 0.1) is 18.8 Å². The van der Waals surface area contributed by atoms with E-state index in [1.807, 2.05) is 0 Å². The molecule has 13 heteroatoms.